The van der Waals surface area contributed by atoms with Crippen LogP contribution in [0, 0.1) is 0 Å². The number of nitrogens with zero attached hydrogens (tertiary/aromatic N) is 3. The van der Waals surface area contributed by atoms with Crippen molar-refractivity contribution in [3.8, 4) is 0 Å². The molecule has 1 aliphatic heterocycles. The lowest BCUT2D eigenvalue weighted by molar-refractivity contribution is -0.117. The summed E-state index contributed by atoms with van der Waals surface area (Å²) in [4.78, 5) is 13.3. The van der Waals surface area contributed by atoms with E-state index in [2.05, 4.69) is 5.10 Å². The van der Waals surface area contributed by atoms with Gasteiger partial charge in [0, 0.05) is 6.07 Å². The first-order chi connectivity index (χ1) is 7.39. The van der Waals surface area contributed by atoms with Crippen LogP contribution in [0.3, 0.4) is 0 Å². The Hall–Kier alpha value is -1.36. The summed E-state index contributed by atoms with van der Waals surface area (Å²) in [5.41, 5.74) is -0.174. The lowest BCUT2D eigenvalue weighted by atomic mass is 10.1. The van der Waals surface area contributed by atoms with E-state index in [-0.39, 0.29) is 17.9 Å². The van der Waals surface area contributed by atoms with Crippen LogP contribution < -0.4 is 4.90 Å². The highest BCUT2D eigenvalue weighted by atomic mass is 16.3. The molecule has 1 aliphatic rings. The van der Waals surface area contributed by atoms with E-state index in [0.717, 1.165) is 5.82 Å². The van der Waals surface area contributed by atoms with Crippen LogP contribution in [-0.2, 0) is 10.3 Å². The number of β-amino-alcohol motifs (C(OH)–C–C–N with tert-alkyl or cyclic N) is 1. The summed E-state index contributed by atoms with van der Waals surface area (Å²) in [7, 11) is 0. The summed E-state index contributed by atoms with van der Waals surface area (Å²) in [5.74, 6) is 0.715. The molecule has 88 valence electrons. The molecule has 0 saturated carbocycles. The maximum Gasteiger partial charge on any atom is 0.230 e. The first kappa shape index (κ1) is 11.1. The molecule has 1 atom stereocenters. The average molecular weight is 223 g/mol. The molecule has 5 nitrogen and oxygen atoms in total. The minimum absolute atomic E-state index is 0.0431. The van der Waals surface area contributed by atoms with E-state index < -0.39 is 6.10 Å². The molecule has 1 unspecified atom stereocenters. The van der Waals surface area contributed by atoms with Crippen LogP contribution in [0.2, 0.25) is 0 Å². The molecular weight excluding hydrogens is 206 g/mol. The van der Waals surface area contributed by atoms with Crippen LogP contribution in [0.1, 0.15) is 27.2 Å². The van der Waals surface area contributed by atoms with E-state index >= 15 is 0 Å². The molecule has 5 heteroatoms. The number of aliphatic hydroxyl groups is 1. The van der Waals surface area contributed by atoms with Gasteiger partial charge < -0.3 is 5.11 Å². The highest BCUT2D eigenvalue weighted by molar-refractivity contribution is 5.95. The predicted molar refractivity (Wildman–Crippen MR) is 60.2 cm³/mol. The van der Waals surface area contributed by atoms with Crippen molar-refractivity contribution in [1.82, 2.24) is 9.78 Å². The zero-order valence-corrected chi connectivity index (χ0v) is 9.84. The van der Waals surface area contributed by atoms with Crippen LogP contribution in [0.4, 0.5) is 5.82 Å². The highest BCUT2D eigenvalue weighted by Crippen LogP contribution is 2.26. The summed E-state index contributed by atoms with van der Waals surface area (Å²) in [6, 6.07) is 1.81. The van der Waals surface area contributed by atoms with Gasteiger partial charge in [-0.05, 0) is 20.8 Å². The van der Waals surface area contributed by atoms with Gasteiger partial charge in [0.25, 0.3) is 0 Å². The summed E-state index contributed by atoms with van der Waals surface area (Å²) >= 11 is 0. The van der Waals surface area contributed by atoms with E-state index in [9.17, 15) is 9.90 Å². The number of hydrogen-bond acceptors (Lipinski definition) is 3. The van der Waals surface area contributed by atoms with E-state index in [1.54, 1.807) is 17.2 Å². The standard InChI is InChI=1S/C11H17N3O2/c1-11(2,3)14-9(4-5-12-14)13-7-8(15)6-10(13)16/h4-5,8,15H,6-7H2,1-3H3. The first-order valence-corrected chi connectivity index (χ1v) is 5.42. The molecule has 1 N–H and O–H groups in total. The molecule has 1 aromatic heterocycles. The van der Waals surface area contributed by atoms with Gasteiger partial charge in [0.2, 0.25) is 5.91 Å². The van der Waals surface area contributed by atoms with Crippen LogP contribution in [-0.4, -0.2) is 33.4 Å². The number of carbonyl (C=O) groups excluding carboxylic acids is 1. The first-order valence-electron chi connectivity index (χ1n) is 5.42. The fourth-order valence-corrected chi connectivity index (χ4v) is 1.93. The molecule has 1 aromatic rings. The quantitative estimate of drug-likeness (QED) is 0.763. The van der Waals surface area contributed by atoms with Crippen LogP contribution in [0.15, 0.2) is 12.3 Å². The number of aliphatic hydroxyl groups excluding tert-OH is 1. The lowest BCUT2D eigenvalue weighted by Gasteiger charge is -2.26. The largest absolute Gasteiger partial charge is 0.391 e. The Labute approximate surface area is 94.7 Å². The van der Waals surface area contributed by atoms with E-state index in [0.29, 0.717) is 6.54 Å². The Bertz CT molecular complexity index is 406. The van der Waals surface area contributed by atoms with Gasteiger partial charge in [-0.25, -0.2) is 4.68 Å². The zero-order valence-electron chi connectivity index (χ0n) is 9.84. The maximum absolute atomic E-state index is 11.7. The second-order valence-electron chi connectivity index (χ2n) is 5.13. The molecule has 1 fully saturated rings. The van der Waals surface area contributed by atoms with Gasteiger partial charge in [-0.2, -0.15) is 5.10 Å². The Kier molecular flexibility index (Phi) is 2.50. The average Bonchev–Trinajstić information content (AvgIpc) is 2.69. The highest BCUT2D eigenvalue weighted by Gasteiger charge is 2.32. The van der Waals surface area contributed by atoms with Crippen molar-refractivity contribution in [2.24, 2.45) is 0 Å². The maximum atomic E-state index is 11.7. The Morgan fingerprint density at radius 3 is 2.69 bits per heavy atom. The molecule has 0 aliphatic carbocycles. The lowest BCUT2D eigenvalue weighted by Crippen LogP contribution is -2.33. The third-order valence-electron chi connectivity index (χ3n) is 2.64. The fraction of sp³-hybridized carbons (Fsp3) is 0.636. The molecule has 2 heterocycles. The molecule has 0 radical (unpaired) electrons. The Morgan fingerprint density at radius 1 is 1.50 bits per heavy atom. The number of carbonyl (C=O) groups is 1. The van der Waals surface area contributed by atoms with Gasteiger partial charge >= 0.3 is 0 Å². The molecule has 1 saturated heterocycles. The van der Waals surface area contributed by atoms with Crippen LogP contribution in [0.5, 0.6) is 0 Å². The Morgan fingerprint density at radius 2 is 2.19 bits per heavy atom. The third-order valence-corrected chi connectivity index (χ3v) is 2.64. The topological polar surface area (TPSA) is 58.4 Å². The van der Waals surface area contributed by atoms with E-state index in [1.165, 1.54) is 0 Å². The number of amides is 1. The zero-order chi connectivity index (χ0) is 11.9. The molecule has 0 aromatic carbocycles. The number of aromatic nitrogens is 2. The molecule has 0 bridgehead atoms. The van der Waals surface area contributed by atoms with Crippen LogP contribution in [0.25, 0.3) is 0 Å². The van der Waals surface area contributed by atoms with Gasteiger partial charge in [0.1, 0.15) is 5.82 Å². The van der Waals surface area contributed by atoms with E-state index in [1.807, 2.05) is 25.5 Å². The van der Waals surface area contributed by atoms with Crippen molar-refractivity contribution in [1.29, 1.82) is 0 Å². The van der Waals surface area contributed by atoms with Crippen molar-refractivity contribution in [2.75, 3.05) is 11.4 Å². The predicted octanol–water partition coefficient (Wildman–Crippen LogP) is 0.736. The molecule has 1 amide bonds. The van der Waals surface area contributed by atoms with Gasteiger partial charge in [-0.15, -0.1) is 0 Å². The van der Waals surface area contributed by atoms with Crippen molar-refractivity contribution < 1.29 is 9.90 Å². The molecular formula is C11H17N3O2. The SMILES string of the molecule is CC(C)(C)n1nccc1N1CC(O)CC1=O. The van der Waals surface area contributed by atoms with Crippen LogP contribution >= 0.6 is 0 Å². The third kappa shape index (κ3) is 1.82. The smallest absolute Gasteiger partial charge is 0.230 e. The van der Waals surface area contributed by atoms with Crippen molar-refractivity contribution in [2.45, 2.75) is 38.8 Å². The summed E-state index contributed by atoms with van der Waals surface area (Å²) < 4.78 is 1.81. The van der Waals surface area contributed by atoms with Crippen molar-refractivity contribution in [3.63, 3.8) is 0 Å². The van der Waals surface area contributed by atoms with Gasteiger partial charge in [0.05, 0.1) is 30.8 Å². The Balaban J connectivity index is 2.35. The van der Waals surface area contributed by atoms with Gasteiger partial charge in [0.15, 0.2) is 0 Å². The second-order valence-corrected chi connectivity index (χ2v) is 5.13. The summed E-state index contributed by atoms with van der Waals surface area (Å²) in [6.45, 7) is 6.45. The summed E-state index contributed by atoms with van der Waals surface area (Å²) in [6.07, 6.45) is 1.32. The number of rotatable bonds is 1. The van der Waals surface area contributed by atoms with Crippen molar-refractivity contribution >= 4 is 11.7 Å². The van der Waals surface area contributed by atoms with Crippen molar-refractivity contribution in [3.05, 3.63) is 12.3 Å². The molecule has 0 spiro atoms. The minimum atomic E-state index is -0.559. The van der Waals surface area contributed by atoms with Gasteiger partial charge in [-0.1, -0.05) is 0 Å². The number of anilines is 1. The minimum Gasteiger partial charge on any atom is -0.391 e. The monoisotopic (exact) mass is 223 g/mol. The summed E-state index contributed by atoms with van der Waals surface area (Å²) in [5, 5.41) is 13.7. The number of hydrogen-bond donors (Lipinski definition) is 1. The van der Waals surface area contributed by atoms with Gasteiger partial charge in [-0.3, -0.25) is 9.69 Å². The normalized spacial score (nSPS) is 21.9. The fourth-order valence-electron chi connectivity index (χ4n) is 1.93. The van der Waals surface area contributed by atoms with E-state index in [4.69, 9.17) is 0 Å². The molecule has 16 heavy (non-hydrogen) atoms. The second kappa shape index (κ2) is 3.59. The molecule has 2 rings (SSSR count).